The van der Waals surface area contributed by atoms with Gasteiger partial charge in [0.1, 0.15) is 6.20 Å². The second kappa shape index (κ2) is 6.56. The first-order chi connectivity index (χ1) is 12.7. The maximum atomic E-state index is 10.9. The molecule has 0 amide bonds. The number of aromatic nitrogens is 4. The Morgan fingerprint density at radius 1 is 0.808 bits per heavy atom. The normalized spacial score (nSPS) is 10.6. The van der Waals surface area contributed by atoms with E-state index in [0.717, 1.165) is 22.5 Å². The summed E-state index contributed by atoms with van der Waals surface area (Å²) in [5.41, 5.74) is 4.87. The Morgan fingerprint density at radius 3 is 2.38 bits per heavy atom. The minimum Gasteiger partial charge on any atom is -0.358 e. The number of hydrogen-bond acceptors (Lipinski definition) is 5. The topological polar surface area (TPSA) is 97.6 Å². The van der Waals surface area contributed by atoms with Crippen LogP contribution in [0.2, 0.25) is 0 Å². The van der Waals surface area contributed by atoms with E-state index in [1.807, 2.05) is 48.5 Å². The van der Waals surface area contributed by atoms with Gasteiger partial charge in [0, 0.05) is 29.0 Å². The fraction of sp³-hybridized carbons (Fsp3) is 0. The molecule has 26 heavy (non-hydrogen) atoms. The SMILES string of the molecule is O=[N+]([O-])c1cc(-c2cc(-c3ccnc(-c4ccccc4)c3)[nH]n2)ccn1. The van der Waals surface area contributed by atoms with Gasteiger partial charge < -0.3 is 10.1 Å². The molecule has 0 radical (unpaired) electrons. The van der Waals surface area contributed by atoms with Gasteiger partial charge in [-0.2, -0.15) is 5.10 Å². The molecule has 1 aromatic carbocycles. The van der Waals surface area contributed by atoms with Crippen LogP contribution in [0.1, 0.15) is 0 Å². The Morgan fingerprint density at radius 2 is 1.58 bits per heavy atom. The fourth-order valence-electron chi connectivity index (χ4n) is 2.66. The Bertz CT molecular complexity index is 1080. The van der Waals surface area contributed by atoms with Crippen molar-refractivity contribution < 1.29 is 4.92 Å². The van der Waals surface area contributed by atoms with Gasteiger partial charge in [-0.25, -0.2) is 0 Å². The fourth-order valence-corrected chi connectivity index (χ4v) is 2.66. The van der Waals surface area contributed by atoms with Crippen molar-refractivity contribution in [1.29, 1.82) is 0 Å². The van der Waals surface area contributed by atoms with Crippen LogP contribution in [0.25, 0.3) is 33.8 Å². The largest absolute Gasteiger partial charge is 0.364 e. The lowest BCUT2D eigenvalue weighted by molar-refractivity contribution is -0.389. The summed E-state index contributed by atoms with van der Waals surface area (Å²) in [5, 5.41) is 18.1. The quantitative estimate of drug-likeness (QED) is 0.444. The number of hydrogen-bond donors (Lipinski definition) is 1. The highest BCUT2D eigenvalue weighted by atomic mass is 16.6. The van der Waals surface area contributed by atoms with E-state index in [1.54, 1.807) is 12.3 Å². The molecule has 3 heterocycles. The van der Waals surface area contributed by atoms with Crippen molar-refractivity contribution in [2.24, 2.45) is 0 Å². The molecule has 0 aliphatic carbocycles. The van der Waals surface area contributed by atoms with Crippen molar-refractivity contribution in [2.75, 3.05) is 0 Å². The van der Waals surface area contributed by atoms with Gasteiger partial charge in [0.15, 0.2) is 0 Å². The van der Waals surface area contributed by atoms with Gasteiger partial charge in [-0.3, -0.25) is 10.1 Å². The number of nitrogens with one attached hydrogen (secondary N) is 1. The van der Waals surface area contributed by atoms with Crippen LogP contribution in [0.15, 0.2) is 73.1 Å². The predicted molar refractivity (Wildman–Crippen MR) is 97.1 cm³/mol. The Labute approximate surface area is 148 Å². The lowest BCUT2D eigenvalue weighted by atomic mass is 10.1. The lowest BCUT2D eigenvalue weighted by Crippen LogP contribution is -1.91. The number of H-pyrrole nitrogens is 1. The average molecular weight is 343 g/mol. The first-order valence-corrected chi connectivity index (χ1v) is 7.89. The van der Waals surface area contributed by atoms with Gasteiger partial charge in [0.05, 0.1) is 17.1 Å². The standard InChI is InChI=1S/C19H13N5O2/c25-24(26)19-11-15(7-9-21-19)18-12-17(22-23-18)14-6-8-20-16(10-14)13-4-2-1-3-5-13/h1-12H,(H,22,23). The second-order valence-corrected chi connectivity index (χ2v) is 5.62. The van der Waals surface area contributed by atoms with Crippen molar-refractivity contribution in [2.45, 2.75) is 0 Å². The van der Waals surface area contributed by atoms with Gasteiger partial charge >= 0.3 is 5.82 Å². The molecule has 0 spiro atoms. The highest BCUT2D eigenvalue weighted by molar-refractivity contribution is 5.72. The zero-order valence-corrected chi connectivity index (χ0v) is 13.5. The van der Waals surface area contributed by atoms with E-state index in [-0.39, 0.29) is 5.82 Å². The molecule has 3 aromatic heterocycles. The average Bonchev–Trinajstić information content (AvgIpc) is 3.19. The Kier molecular flexibility index (Phi) is 3.95. The molecule has 7 heteroatoms. The van der Waals surface area contributed by atoms with Gasteiger partial charge in [-0.15, -0.1) is 0 Å². The number of nitrogens with zero attached hydrogens (tertiary/aromatic N) is 4. The van der Waals surface area contributed by atoms with Crippen LogP contribution in [0.4, 0.5) is 5.82 Å². The maximum Gasteiger partial charge on any atom is 0.364 e. The van der Waals surface area contributed by atoms with E-state index in [4.69, 9.17) is 0 Å². The van der Waals surface area contributed by atoms with Gasteiger partial charge in [-0.05, 0) is 34.2 Å². The van der Waals surface area contributed by atoms with E-state index in [2.05, 4.69) is 20.2 Å². The van der Waals surface area contributed by atoms with E-state index in [9.17, 15) is 10.1 Å². The molecule has 0 unspecified atom stereocenters. The summed E-state index contributed by atoms with van der Waals surface area (Å²) in [6.07, 6.45) is 3.15. The van der Waals surface area contributed by atoms with Crippen LogP contribution >= 0.6 is 0 Å². The summed E-state index contributed by atoms with van der Waals surface area (Å²) in [6.45, 7) is 0. The summed E-state index contributed by atoms with van der Waals surface area (Å²) in [6, 6.07) is 18.7. The molecule has 4 rings (SSSR count). The maximum absolute atomic E-state index is 10.9. The van der Waals surface area contributed by atoms with Crippen LogP contribution in [0, 0.1) is 10.1 Å². The zero-order valence-electron chi connectivity index (χ0n) is 13.5. The molecule has 1 N–H and O–H groups in total. The van der Waals surface area contributed by atoms with E-state index < -0.39 is 4.92 Å². The highest BCUT2D eigenvalue weighted by Crippen LogP contribution is 2.27. The van der Waals surface area contributed by atoms with E-state index >= 15 is 0 Å². The van der Waals surface area contributed by atoms with Crippen molar-refractivity contribution in [3.63, 3.8) is 0 Å². The summed E-state index contributed by atoms with van der Waals surface area (Å²) in [7, 11) is 0. The smallest absolute Gasteiger partial charge is 0.358 e. The predicted octanol–water partition coefficient (Wildman–Crippen LogP) is 4.11. The number of benzene rings is 1. The molecule has 0 saturated heterocycles. The second-order valence-electron chi connectivity index (χ2n) is 5.62. The third-order valence-corrected chi connectivity index (χ3v) is 3.95. The van der Waals surface area contributed by atoms with Crippen LogP contribution < -0.4 is 0 Å². The lowest BCUT2D eigenvalue weighted by Gasteiger charge is -2.03. The number of pyridine rings is 2. The van der Waals surface area contributed by atoms with Gasteiger partial charge in [-0.1, -0.05) is 30.3 Å². The molecule has 7 nitrogen and oxygen atoms in total. The molecule has 0 bridgehead atoms. The third-order valence-electron chi connectivity index (χ3n) is 3.95. The first-order valence-electron chi connectivity index (χ1n) is 7.89. The van der Waals surface area contributed by atoms with Crippen LogP contribution in [-0.2, 0) is 0 Å². The molecule has 0 atom stereocenters. The monoisotopic (exact) mass is 343 g/mol. The van der Waals surface area contributed by atoms with Crippen LogP contribution in [0.3, 0.4) is 0 Å². The van der Waals surface area contributed by atoms with Crippen LogP contribution in [0.5, 0.6) is 0 Å². The van der Waals surface area contributed by atoms with E-state index in [0.29, 0.717) is 11.3 Å². The number of nitro groups is 1. The summed E-state index contributed by atoms with van der Waals surface area (Å²) in [5.74, 6) is -0.206. The summed E-state index contributed by atoms with van der Waals surface area (Å²) in [4.78, 5) is 18.5. The van der Waals surface area contributed by atoms with Crippen molar-refractivity contribution >= 4 is 5.82 Å². The minimum atomic E-state index is -0.522. The first kappa shape index (κ1) is 15.6. The Hall–Kier alpha value is -3.87. The van der Waals surface area contributed by atoms with Gasteiger partial charge in [0.25, 0.3) is 0 Å². The molecular formula is C19H13N5O2. The zero-order chi connectivity index (χ0) is 17.9. The Balaban J connectivity index is 1.69. The molecule has 0 fully saturated rings. The highest BCUT2D eigenvalue weighted by Gasteiger charge is 2.12. The number of rotatable bonds is 4. The van der Waals surface area contributed by atoms with Crippen molar-refractivity contribution in [1.82, 2.24) is 20.2 Å². The van der Waals surface area contributed by atoms with E-state index in [1.165, 1.54) is 12.3 Å². The molecular weight excluding hydrogens is 330 g/mol. The summed E-state index contributed by atoms with van der Waals surface area (Å²) < 4.78 is 0. The van der Waals surface area contributed by atoms with Crippen LogP contribution in [-0.4, -0.2) is 25.1 Å². The summed E-state index contributed by atoms with van der Waals surface area (Å²) >= 11 is 0. The molecule has 0 aliphatic rings. The molecule has 126 valence electrons. The van der Waals surface area contributed by atoms with Gasteiger partial charge in [0.2, 0.25) is 0 Å². The minimum absolute atomic E-state index is 0.206. The number of aromatic amines is 1. The molecule has 0 aliphatic heterocycles. The van der Waals surface area contributed by atoms with Crippen molar-refractivity contribution in [3.05, 3.63) is 83.2 Å². The molecule has 4 aromatic rings. The third kappa shape index (κ3) is 3.05. The van der Waals surface area contributed by atoms with Crippen molar-refractivity contribution in [3.8, 4) is 33.8 Å². The molecule has 0 saturated carbocycles.